The first-order chi connectivity index (χ1) is 13.7. The normalized spacial score (nSPS) is 31.1. The first-order valence-electron chi connectivity index (χ1n) is 8.55. The summed E-state index contributed by atoms with van der Waals surface area (Å²) >= 11 is 0. The number of aliphatic imine (C=N–C) groups is 1. The Labute approximate surface area is 164 Å². The molecule has 14 nitrogen and oxygen atoms in total. The maximum Gasteiger partial charge on any atom is 0.437 e. The number of ether oxygens (including phenoxy) is 1. The molecule has 1 fully saturated rings. The topological polar surface area (TPSA) is 193 Å². The Kier molecular flexibility index (Phi) is 4.94. The number of aliphatic hydroxyl groups excluding tert-OH is 3. The van der Waals surface area contributed by atoms with Crippen molar-refractivity contribution in [2.75, 3.05) is 11.9 Å². The van der Waals surface area contributed by atoms with E-state index in [9.17, 15) is 24.8 Å². The minimum Gasteiger partial charge on any atom is -0.387 e. The summed E-state index contributed by atoms with van der Waals surface area (Å²) in [5.41, 5.74) is 6.04. The van der Waals surface area contributed by atoms with Crippen LogP contribution in [0.4, 0.5) is 5.82 Å². The number of hydrogen-bond donors (Lipinski definition) is 6. The van der Waals surface area contributed by atoms with Crippen molar-refractivity contribution in [1.82, 2.24) is 13.9 Å². The van der Waals surface area contributed by atoms with E-state index >= 15 is 0 Å². The van der Waals surface area contributed by atoms with Crippen LogP contribution in [0.3, 0.4) is 0 Å². The van der Waals surface area contributed by atoms with Crippen LogP contribution in [0.1, 0.15) is 18.1 Å². The Morgan fingerprint density at radius 1 is 1.41 bits per heavy atom. The van der Waals surface area contributed by atoms with Crippen molar-refractivity contribution in [2.24, 2.45) is 17.8 Å². The van der Waals surface area contributed by atoms with Gasteiger partial charge < -0.3 is 30.7 Å². The molecule has 15 heteroatoms. The molecule has 2 unspecified atom stereocenters. The van der Waals surface area contributed by atoms with Gasteiger partial charge in [-0.3, -0.25) is 9.09 Å². The van der Waals surface area contributed by atoms with Crippen molar-refractivity contribution >= 4 is 19.5 Å². The molecule has 0 saturated carbocycles. The summed E-state index contributed by atoms with van der Waals surface area (Å²) in [4.78, 5) is 17.5. The molecule has 7 N–H and O–H groups in total. The van der Waals surface area contributed by atoms with E-state index in [0.29, 0.717) is 11.5 Å². The number of rotatable bonds is 5. The summed E-state index contributed by atoms with van der Waals surface area (Å²) in [5.74, 6) is 0.302. The third-order valence-corrected chi connectivity index (χ3v) is 6.04. The van der Waals surface area contributed by atoms with E-state index in [1.807, 2.05) is 0 Å². The van der Waals surface area contributed by atoms with Crippen molar-refractivity contribution < 1.29 is 38.6 Å². The van der Waals surface area contributed by atoms with Gasteiger partial charge in [0.05, 0.1) is 13.7 Å². The van der Waals surface area contributed by atoms with Crippen molar-refractivity contribution in [3.63, 3.8) is 0 Å². The zero-order valence-electron chi connectivity index (χ0n) is 15.2. The lowest BCUT2D eigenvalue weighted by molar-refractivity contribution is -0.753. The zero-order valence-corrected chi connectivity index (χ0v) is 16.1. The monoisotopic (exact) mass is 430 g/mol. The largest absolute Gasteiger partial charge is 0.437 e. The quantitative estimate of drug-likeness (QED) is 0.219. The summed E-state index contributed by atoms with van der Waals surface area (Å²) in [5, 5.41) is 33.7. The Morgan fingerprint density at radius 2 is 2.17 bits per heavy atom. The number of fused-ring (bicyclic) bond motifs is 1. The maximum atomic E-state index is 12.2. The lowest BCUT2D eigenvalue weighted by Gasteiger charge is -2.18. The van der Waals surface area contributed by atoms with E-state index in [4.69, 9.17) is 15.0 Å². The third-order valence-electron chi connectivity index (χ3n) is 4.73. The van der Waals surface area contributed by atoms with Gasteiger partial charge in [0, 0.05) is 12.4 Å². The first-order valence-corrected chi connectivity index (χ1v) is 10.1. The molecule has 4 heterocycles. The van der Waals surface area contributed by atoms with Crippen LogP contribution >= 0.6 is 7.75 Å². The SMILES string of the molecule is Cn1c[n+]([C@@H]2O[C@H](COP(=O)(O)n3ccnc3)[C@@H](O)[C@H]2O)c2c1C(O)N=C(N)N2. The van der Waals surface area contributed by atoms with Gasteiger partial charge in [0.15, 0.2) is 6.33 Å². The lowest BCUT2D eigenvalue weighted by atomic mass is 10.1. The van der Waals surface area contributed by atoms with Gasteiger partial charge in [-0.25, -0.2) is 23.8 Å². The van der Waals surface area contributed by atoms with Gasteiger partial charge in [0.2, 0.25) is 18.1 Å². The van der Waals surface area contributed by atoms with Crippen molar-refractivity contribution in [1.29, 1.82) is 0 Å². The molecule has 0 aliphatic carbocycles. The Morgan fingerprint density at radius 3 is 2.86 bits per heavy atom. The fourth-order valence-electron chi connectivity index (χ4n) is 3.31. The van der Waals surface area contributed by atoms with E-state index in [2.05, 4.69) is 15.3 Å². The Hall–Kier alpha value is -2.32. The van der Waals surface area contributed by atoms with Crippen LogP contribution in [0.15, 0.2) is 30.0 Å². The molecule has 2 aromatic heterocycles. The molecule has 6 atom stereocenters. The number of hydrogen-bond acceptors (Lipinski definition) is 10. The molecular weight excluding hydrogens is 409 g/mol. The molecule has 0 radical (unpaired) electrons. The predicted molar refractivity (Wildman–Crippen MR) is 95.1 cm³/mol. The molecule has 2 aromatic rings. The number of nitrogens with two attached hydrogens (primary N) is 1. The average Bonchev–Trinajstić information content (AvgIpc) is 3.35. The van der Waals surface area contributed by atoms with Crippen LogP contribution in [-0.4, -0.2) is 65.0 Å². The number of nitrogens with one attached hydrogen (secondary N) is 1. The maximum absolute atomic E-state index is 12.2. The minimum atomic E-state index is -4.23. The van der Waals surface area contributed by atoms with E-state index < -0.39 is 45.1 Å². The second-order valence-electron chi connectivity index (χ2n) is 6.66. The number of aryl methyl sites for hydroxylation is 1. The van der Waals surface area contributed by atoms with E-state index in [1.54, 1.807) is 11.6 Å². The van der Waals surface area contributed by atoms with Crippen LogP contribution in [0.25, 0.3) is 0 Å². The van der Waals surface area contributed by atoms with Crippen LogP contribution in [0, 0.1) is 0 Å². The van der Waals surface area contributed by atoms with Crippen molar-refractivity contribution in [2.45, 2.75) is 30.8 Å². The minimum absolute atomic E-state index is 0.0283. The molecule has 2 aliphatic rings. The highest BCUT2D eigenvalue weighted by Crippen LogP contribution is 2.44. The van der Waals surface area contributed by atoms with Gasteiger partial charge in [-0.2, -0.15) is 4.99 Å². The molecular formula is C14H21N7O7P+. The van der Waals surface area contributed by atoms with Crippen LogP contribution in [0.2, 0.25) is 0 Å². The molecule has 0 spiro atoms. The fraction of sp³-hybridized carbons (Fsp3) is 0.500. The second kappa shape index (κ2) is 7.18. The summed E-state index contributed by atoms with van der Waals surface area (Å²) in [6, 6.07) is 0. The highest BCUT2D eigenvalue weighted by Gasteiger charge is 2.49. The Bertz CT molecular complexity index is 977. The molecule has 0 bridgehead atoms. The number of aromatic nitrogens is 4. The fourth-order valence-corrected chi connectivity index (χ4v) is 4.21. The summed E-state index contributed by atoms with van der Waals surface area (Å²) in [7, 11) is -2.57. The van der Waals surface area contributed by atoms with E-state index in [-0.39, 0.29) is 5.96 Å². The standard InChI is InChI=1S/C14H20N7O7P/c1-19-6-21(11-8(19)12(24)18-14(15)17-11)13-10(23)9(22)7(28-13)4-27-29(25,26)20-3-2-16-5-20/h2-3,5-7,9-10,12-13,22-24H,4H2,1H3,(H3-,15,17,18,25,26)/p+1/t7-,9-,10-,12?,13-/m1/s1. The second-order valence-corrected chi connectivity index (χ2v) is 8.36. The van der Waals surface area contributed by atoms with Gasteiger partial charge in [-0.05, 0) is 0 Å². The molecule has 29 heavy (non-hydrogen) atoms. The van der Waals surface area contributed by atoms with Crippen molar-refractivity contribution in [3.05, 3.63) is 30.7 Å². The Balaban J connectivity index is 1.53. The van der Waals surface area contributed by atoms with Crippen LogP contribution in [0.5, 0.6) is 0 Å². The zero-order chi connectivity index (χ0) is 20.9. The molecule has 0 aromatic carbocycles. The summed E-state index contributed by atoms with van der Waals surface area (Å²) in [6.45, 7) is -0.462. The average molecular weight is 430 g/mol. The van der Waals surface area contributed by atoms with Crippen LogP contribution < -0.4 is 15.6 Å². The van der Waals surface area contributed by atoms with E-state index in [1.165, 1.54) is 23.3 Å². The van der Waals surface area contributed by atoms with Gasteiger partial charge in [-0.15, -0.1) is 0 Å². The molecule has 4 rings (SSSR count). The highest BCUT2D eigenvalue weighted by molar-refractivity contribution is 7.51. The number of anilines is 1. The van der Waals surface area contributed by atoms with Gasteiger partial charge in [-0.1, -0.05) is 0 Å². The first kappa shape index (κ1) is 20.0. The lowest BCUT2D eigenvalue weighted by Crippen LogP contribution is -2.48. The molecule has 158 valence electrons. The van der Waals surface area contributed by atoms with Gasteiger partial charge >= 0.3 is 7.75 Å². The number of imidazole rings is 2. The summed E-state index contributed by atoms with van der Waals surface area (Å²) < 4.78 is 26.9. The number of aliphatic hydroxyl groups is 3. The van der Waals surface area contributed by atoms with Crippen molar-refractivity contribution in [3.8, 4) is 0 Å². The predicted octanol–water partition coefficient (Wildman–Crippen LogP) is -2.48. The van der Waals surface area contributed by atoms with E-state index in [0.717, 1.165) is 10.7 Å². The molecule has 2 aliphatic heterocycles. The van der Waals surface area contributed by atoms with Crippen LogP contribution in [-0.2, 0) is 20.9 Å². The third kappa shape index (κ3) is 3.44. The smallest absolute Gasteiger partial charge is 0.387 e. The molecule has 1 saturated heterocycles. The van der Waals surface area contributed by atoms with Gasteiger partial charge in [0.25, 0.3) is 11.8 Å². The molecule has 0 amide bonds. The van der Waals surface area contributed by atoms with Gasteiger partial charge in [0.1, 0.15) is 24.6 Å². The number of guanidine groups is 1. The summed E-state index contributed by atoms with van der Waals surface area (Å²) in [6.07, 6.45) is -0.933. The highest BCUT2D eigenvalue weighted by atomic mass is 31.2. The number of nitrogens with zero attached hydrogens (tertiary/aromatic N) is 5.